The van der Waals surface area contributed by atoms with Gasteiger partial charge >= 0.3 is 0 Å². The molecule has 0 aliphatic carbocycles. The number of rotatable bonds is 3. The van der Waals surface area contributed by atoms with Crippen molar-refractivity contribution in [1.29, 1.82) is 0 Å². The Morgan fingerprint density at radius 2 is 2.31 bits per heavy atom. The predicted octanol–water partition coefficient (Wildman–Crippen LogP) is 1.25. The fourth-order valence-corrected chi connectivity index (χ4v) is 1.31. The van der Waals surface area contributed by atoms with Gasteiger partial charge < -0.3 is 5.32 Å². The summed E-state index contributed by atoms with van der Waals surface area (Å²) in [4.78, 5) is 4.00. The van der Waals surface area contributed by atoms with Crippen molar-refractivity contribution < 1.29 is 10.7 Å². The van der Waals surface area contributed by atoms with Crippen LogP contribution in [0.3, 0.4) is 0 Å². The second kappa shape index (κ2) is 4.55. The molecule has 0 fully saturated rings. The van der Waals surface area contributed by atoms with Gasteiger partial charge in [-0.15, -0.1) is 0 Å². The lowest BCUT2D eigenvalue weighted by atomic mass is 10.3. The molecule has 0 amide bonds. The number of quaternary nitrogens is 1. The van der Waals surface area contributed by atoms with Gasteiger partial charge in [-0.25, -0.2) is 10.2 Å². The van der Waals surface area contributed by atoms with Gasteiger partial charge in [-0.05, 0) is 29.8 Å². The third kappa shape index (κ3) is 2.95. The Morgan fingerprint density at radius 3 is 2.85 bits per heavy atom. The number of nitrogens with zero attached hydrogens (tertiary/aromatic N) is 1. The summed E-state index contributed by atoms with van der Waals surface area (Å²) in [6.07, 6.45) is 1.61. The fourth-order valence-electron chi connectivity index (χ4n) is 0.979. The van der Waals surface area contributed by atoms with E-state index in [0.717, 1.165) is 15.8 Å². The lowest BCUT2D eigenvalue weighted by molar-refractivity contribution is -0.825. The highest BCUT2D eigenvalue weighted by Crippen LogP contribution is 2.20. The first kappa shape index (κ1) is 10.4. The molecule has 0 aliphatic rings. The quantitative estimate of drug-likeness (QED) is 0.556. The van der Waals surface area contributed by atoms with E-state index in [0.29, 0.717) is 11.7 Å². The zero-order chi connectivity index (χ0) is 9.84. The number of hydrogen-bond donors (Lipinski definition) is 3. The van der Waals surface area contributed by atoms with E-state index in [9.17, 15) is 0 Å². The predicted molar refractivity (Wildman–Crippen MR) is 54.1 cm³/mol. The van der Waals surface area contributed by atoms with Crippen molar-refractivity contribution in [3.63, 3.8) is 0 Å². The van der Waals surface area contributed by atoms with E-state index in [2.05, 4.69) is 26.2 Å². The Kier molecular flexibility index (Phi) is 3.65. The van der Waals surface area contributed by atoms with Crippen LogP contribution in [0.15, 0.2) is 16.9 Å². The third-order valence-electron chi connectivity index (χ3n) is 1.48. The summed E-state index contributed by atoms with van der Waals surface area (Å²) in [6, 6.07) is 2.16. The molecule has 13 heavy (non-hydrogen) atoms. The summed E-state index contributed by atoms with van der Waals surface area (Å²) >= 11 is 3.27. The lowest BCUT2D eigenvalue weighted by Gasteiger charge is -2.10. The van der Waals surface area contributed by atoms with Crippen molar-refractivity contribution in [2.24, 2.45) is 0 Å². The minimum absolute atomic E-state index is 0.327. The molecule has 0 saturated carbocycles. The summed E-state index contributed by atoms with van der Waals surface area (Å²) in [5, 5.41) is 12.1. The summed E-state index contributed by atoms with van der Waals surface area (Å²) in [5.74, 6) is 0. The molecule has 5 heteroatoms. The second-order valence-corrected chi connectivity index (χ2v) is 3.83. The Labute approximate surface area is 85.5 Å². The van der Waals surface area contributed by atoms with Gasteiger partial charge in [-0.1, -0.05) is 0 Å². The SMILES string of the molecule is CC(C)Nc1cc(Br)ncc1[NH2+]O. The van der Waals surface area contributed by atoms with Crippen LogP contribution in [0.1, 0.15) is 13.8 Å². The molecule has 1 aromatic heterocycles. The first-order chi connectivity index (χ1) is 6.13. The molecule has 0 bridgehead atoms. The molecule has 4 nitrogen and oxygen atoms in total. The number of halogens is 1. The van der Waals surface area contributed by atoms with Crippen molar-refractivity contribution in [2.75, 3.05) is 5.32 Å². The number of hydrogen-bond acceptors (Lipinski definition) is 3. The molecule has 4 N–H and O–H groups in total. The van der Waals surface area contributed by atoms with Crippen molar-refractivity contribution in [3.8, 4) is 0 Å². The minimum Gasteiger partial charge on any atom is -0.378 e. The topological polar surface area (TPSA) is 61.8 Å². The van der Waals surface area contributed by atoms with E-state index >= 15 is 0 Å². The van der Waals surface area contributed by atoms with Crippen molar-refractivity contribution in [2.45, 2.75) is 19.9 Å². The molecular formula is C8H13BrN3O+. The summed E-state index contributed by atoms with van der Waals surface area (Å²) < 4.78 is 0.751. The van der Waals surface area contributed by atoms with Gasteiger partial charge in [-0.2, -0.15) is 5.48 Å². The molecule has 0 atom stereocenters. The largest absolute Gasteiger partial charge is 0.378 e. The standard InChI is InChI=1S/C8H12BrN3O/c1-5(2)11-6-3-8(9)10-4-7(6)12-13/h3-5,12-13H,1-2H3,(H,10,11)/p+1. The normalized spacial score (nSPS) is 10.5. The van der Waals surface area contributed by atoms with E-state index in [1.54, 1.807) is 6.20 Å². The van der Waals surface area contributed by atoms with E-state index in [4.69, 9.17) is 5.21 Å². The Hall–Kier alpha value is -0.650. The maximum atomic E-state index is 8.90. The van der Waals surface area contributed by atoms with Gasteiger partial charge in [0.1, 0.15) is 10.3 Å². The fraction of sp³-hybridized carbons (Fsp3) is 0.375. The second-order valence-electron chi connectivity index (χ2n) is 3.02. The lowest BCUT2D eigenvalue weighted by Crippen LogP contribution is -2.74. The Morgan fingerprint density at radius 1 is 1.62 bits per heavy atom. The molecule has 72 valence electrons. The average molecular weight is 247 g/mol. The van der Waals surface area contributed by atoms with Crippen molar-refractivity contribution >= 4 is 27.3 Å². The van der Waals surface area contributed by atoms with Crippen LogP contribution in [0.2, 0.25) is 0 Å². The monoisotopic (exact) mass is 246 g/mol. The molecular weight excluding hydrogens is 234 g/mol. The maximum absolute atomic E-state index is 8.90. The van der Waals surface area contributed by atoms with Crippen LogP contribution in [-0.4, -0.2) is 16.2 Å². The highest BCUT2D eigenvalue weighted by atomic mass is 79.9. The first-order valence-electron chi connectivity index (χ1n) is 4.03. The maximum Gasteiger partial charge on any atom is 0.203 e. The van der Waals surface area contributed by atoms with Crippen LogP contribution in [0.5, 0.6) is 0 Å². The smallest absolute Gasteiger partial charge is 0.203 e. The Bertz CT molecular complexity index is 291. The summed E-state index contributed by atoms with van der Waals surface area (Å²) in [5.41, 5.74) is 2.61. The van der Waals surface area contributed by atoms with Crippen LogP contribution < -0.4 is 10.8 Å². The number of nitrogens with two attached hydrogens (primary N) is 1. The number of anilines is 1. The molecule has 0 aliphatic heterocycles. The average Bonchev–Trinajstić information content (AvgIpc) is 2.03. The van der Waals surface area contributed by atoms with Crippen LogP contribution in [0, 0.1) is 0 Å². The van der Waals surface area contributed by atoms with Crippen LogP contribution in [-0.2, 0) is 0 Å². The van der Waals surface area contributed by atoms with Crippen LogP contribution in [0.25, 0.3) is 0 Å². The molecule has 0 aromatic carbocycles. The zero-order valence-corrected chi connectivity index (χ0v) is 9.17. The molecule has 1 aromatic rings. The van der Waals surface area contributed by atoms with E-state index in [1.807, 2.05) is 19.9 Å². The highest BCUT2D eigenvalue weighted by molar-refractivity contribution is 9.10. The van der Waals surface area contributed by atoms with E-state index in [-0.39, 0.29) is 0 Å². The van der Waals surface area contributed by atoms with Gasteiger partial charge in [0, 0.05) is 12.1 Å². The van der Waals surface area contributed by atoms with Gasteiger partial charge in [-0.3, -0.25) is 0 Å². The molecule has 1 heterocycles. The minimum atomic E-state index is 0.327. The van der Waals surface area contributed by atoms with Crippen LogP contribution >= 0.6 is 15.9 Å². The number of nitrogens with one attached hydrogen (secondary N) is 1. The van der Waals surface area contributed by atoms with Gasteiger partial charge in [0.05, 0.1) is 6.20 Å². The van der Waals surface area contributed by atoms with Gasteiger partial charge in [0.15, 0.2) is 0 Å². The number of aromatic nitrogens is 1. The summed E-state index contributed by atoms with van der Waals surface area (Å²) in [7, 11) is 0. The first-order valence-corrected chi connectivity index (χ1v) is 4.82. The summed E-state index contributed by atoms with van der Waals surface area (Å²) in [6.45, 7) is 4.07. The molecule has 0 radical (unpaired) electrons. The third-order valence-corrected chi connectivity index (χ3v) is 1.92. The molecule has 0 saturated heterocycles. The molecule has 0 unspecified atom stereocenters. The van der Waals surface area contributed by atoms with Gasteiger partial charge in [0.2, 0.25) is 5.69 Å². The molecule has 1 rings (SSSR count). The Balaban J connectivity index is 2.94. The van der Waals surface area contributed by atoms with Gasteiger partial charge in [0.25, 0.3) is 0 Å². The van der Waals surface area contributed by atoms with Crippen LogP contribution in [0.4, 0.5) is 11.4 Å². The van der Waals surface area contributed by atoms with Crippen molar-refractivity contribution in [1.82, 2.24) is 4.98 Å². The van der Waals surface area contributed by atoms with Crippen molar-refractivity contribution in [3.05, 3.63) is 16.9 Å². The number of pyridine rings is 1. The van der Waals surface area contributed by atoms with E-state index < -0.39 is 0 Å². The zero-order valence-electron chi connectivity index (χ0n) is 7.58. The van der Waals surface area contributed by atoms with E-state index in [1.165, 1.54) is 0 Å². The highest BCUT2D eigenvalue weighted by Gasteiger charge is 2.07. The molecule has 0 spiro atoms.